The Labute approximate surface area is 138 Å². The van der Waals surface area contributed by atoms with E-state index >= 15 is 0 Å². The summed E-state index contributed by atoms with van der Waals surface area (Å²) in [7, 11) is 0. The topological polar surface area (TPSA) is 107 Å². The van der Waals surface area contributed by atoms with E-state index in [0.717, 1.165) is 11.3 Å². The monoisotopic (exact) mass is 326 g/mol. The normalized spacial score (nSPS) is 11.5. The van der Waals surface area contributed by atoms with E-state index in [9.17, 15) is 4.79 Å². The molecule has 3 aromatic rings. The highest BCUT2D eigenvalue weighted by molar-refractivity contribution is 5.85. The van der Waals surface area contributed by atoms with Gasteiger partial charge in [-0.05, 0) is 32.9 Å². The van der Waals surface area contributed by atoms with Crippen LogP contribution in [0.1, 0.15) is 20.8 Å². The standard InChI is InChI=1S/C16H18N6O2/c1-16(2,3)24-15(23)19-11-6-4-10(5-7-11)12-9-22-13(8-18-12)20-14(17)21-22/h4-9H,1-3H3,(H2,17,21)(H,19,23). The van der Waals surface area contributed by atoms with Gasteiger partial charge in [-0.3, -0.25) is 10.3 Å². The molecule has 0 fully saturated rings. The van der Waals surface area contributed by atoms with Crippen molar-refractivity contribution in [2.24, 2.45) is 0 Å². The molecule has 3 N–H and O–H groups in total. The first-order chi connectivity index (χ1) is 11.3. The molecule has 1 aromatic carbocycles. The van der Waals surface area contributed by atoms with Crippen LogP contribution < -0.4 is 11.1 Å². The number of nitrogens with zero attached hydrogens (tertiary/aromatic N) is 4. The van der Waals surface area contributed by atoms with Crippen LogP contribution in [0.15, 0.2) is 36.7 Å². The molecule has 0 aliphatic carbocycles. The number of carbonyl (C=O) groups is 1. The fourth-order valence-corrected chi connectivity index (χ4v) is 2.11. The van der Waals surface area contributed by atoms with Gasteiger partial charge in [0.25, 0.3) is 0 Å². The Morgan fingerprint density at radius 3 is 2.62 bits per heavy atom. The van der Waals surface area contributed by atoms with Crippen molar-refractivity contribution >= 4 is 23.4 Å². The number of aromatic nitrogens is 4. The molecule has 8 heteroatoms. The van der Waals surface area contributed by atoms with Crippen LogP contribution in [-0.2, 0) is 4.74 Å². The Balaban J connectivity index is 1.76. The molecule has 0 saturated carbocycles. The lowest BCUT2D eigenvalue weighted by Gasteiger charge is -2.19. The van der Waals surface area contributed by atoms with Gasteiger partial charge in [0, 0.05) is 11.3 Å². The van der Waals surface area contributed by atoms with Crippen LogP contribution in [0.5, 0.6) is 0 Å². The predicted molar refractivity (Wildman–Crippen MR) is 90.5 cm³/mol. The van der Waals surface area contributed by atoms with Gasteiger partial charge in [0.2, 0.25) is 5.95 Å². The third kappa shape index (κ3) is 3.60. The van der Waals surface area contributed by atoms with Gasteiger partial charge in [0.1, 0.15) is 5.60 Å². The summed E-state index contributed by atoms with van der Waals surface area (Å²) < 4.78 is 6.79. The van der Waals surface area contributed by atoms with Gasteiger partial charge in [0.05, 0.1) is 18.1 Å². The van der Waals surface area contributed by atoms with Gasteiger partial charge < -0.3 is 10.5 Å². The lowest BCUT2D eigenvalue weighted by atomic mass is 10.1. The van der Waals surface area contributed by atoms with Crippen LogP contribution in [0, 0.1) is 0 Å². The second-order valence-corrected chi connectivity index (χ2v) is 6.25. The molecular weight excluding hydrogens is 308 g/mol. The number of nitrogens with one attached hydrogen (secondary N) is 1. The fourth-order valence-electron chi connectivity index (χ4n) is 2.11. The zero-order chi connectivity index (χ0) is 17.3. The minimum atomic E-state index is -0.539. The molecule has 0 spiro atoms. The number of anilines is 2. The van der Waals surface area contributed by atoms with E-state index in [4.69, 9.17) is 10.5 Å². The number of carbonyl (C=O) groups excluding carboxylic acids is 1. The summed E-state index contributed by atoms with van der Waals surface area (Å²) >= 11 is 0. The molecule has 2 aromatic heterocycles. The Kier molecular flexibility index (Phi) is 3.80. The smallest absolute Gasteiger partial charge is 0.412 e. The summed E-state index contributed by atoms with van der Waals surface area (Å²) in [6.45, 7) is 5.44. The van der Waals surface area contributed by atoms with Gasteiger partial charge in [-0.15, -0.1) is 5.10 Å². The largest absolute Gasteiger partial charge is 0.444 e. The zero-order valence-corrected chi connectivity index (χ0v) is 13.6. The van der Waals surface area contributed by atoms with E-state index in [-0.39, 0.29) is 5.95 Å². The second-order valence-electron chi connectivity index (χ2n) is 6.25. The molecule has 8 nitrogen and oxygen atoms in total. The van der Waals surface area contributed by atoms with Crippen molar-refractivity contribution in [3.8, 4) is 11.3 Å². The first kappa shape index (κ1) is 15.7. The molecule has 0 atom stereocenters. The van der Waals surface area contributed by atoms with Crippen molar-refractivity contribution in [1.29, 1.82) is 0 Å². The number of nitrogens with two attached hydrogens (primary N) is 1. The van der Waals surface area contributed by atoms with Gasteiger partial charge >= 0.3 is 6.09 Å². The van der Waals surface area contributed by atoms with E-state index in [0.29, 0.717) is 11.3 Å². The molecule has 24 heavy (non-hydrogen) atoms. The summed E-state index contributed by atoms with van der Waals surface area (Å²) in [5.74, 6) is 0.200. The van der Waals surface area contributed by atoms with E-state index in [1.807, 2.05) is 32.9 Å². The second kappa shape index (κ2) is 5.80. The van der Waals surface area contributed by atoms with Gasteiger partial charge in [0.15, 0.2) is 5.65 Å². The average molecular weight is 326 g/mol. The molecule has 3 rings (SSSR count). The maximum absolute atomic E-state index is 11.8. The van der Waals surface area contributed by atoms with E-state index in [2.05, 4.69) is 20.4 Å². The van der Waals surface area contributed by atoms with Crippen molar-refractivity contribution in [2.75, 3.05) is 11.1 Å². The van der Waals surface area contributed by atoms with Crippen molar-refractivity contribution in [1.82, 2.24) is 19.6 Å². The third-order valence-corrected chi connectivity index (χ3v) is 3.06. The highest BCUT2D eigenvalue weighted by atomic mass is 16.6. The third-order valence-electron chi connectivity index (χ3n) is 3.06. The number of amides is 1. The van der Waals surface area contributed by atoms with Crippen LogP contribution in [0.3, 0.4) is 0 Å². The van der Waals surface area contributed by atoms with Gasteiger partial charge in [-0.1, -0.05) is 12.1 Å². The van der Waals surface area contributed by atoms with Crippen LogP contribution in [-0.4, -0.2) is 31.3 Å². The lowest BCUT2D eigenvalue weighted by molar-refractivity contribution is 0.0636. The summed E-state index contributed by atoms with van der Waals surface area (Å²) in [6.07, 6.45) is 2.86. The number of fused-ring (bicyclic) bond motifs is 1. The van der Waals surface area contributed by atoms with Crippen molar-refractivity contribution < 1.29 is 9.53 Å². The Morgan fingerprint density at radius 1 is 1.25 bits per heavy atom. The fraction of sp³-hybridized carbons (Fsp3) is 0.250. The van der Waals surface area contributed by atoms with Crippen molar-refractivity contribution in [3.05, 3.63) is 36.7 Å². The van der Waals surface area contributed by atoms with Crippen LogP contribution in [0.4, 0.5) is 16.4 Å². The lowest BCUT2D eigenvalue weighted by Crippen LogP contribution is -2.27. The van der Waals surface area contributed by atoms with Crippen molar-refractivity contribution in [2.45, 2.75) is 26.4 Å². The maximum Gasteiger partial charge on any atom is 0.412 e. The SMILES string of the molecule is CC(C)(C)OC(=O)Nc1ccc(-c2cn3nc(N)nc3cn2)cc1. The Bertz CT molecular complexity index is 880. The summed E-state index contributed by atoms with van der Waals surface area (Å²) in [5, 5.41) is 6.74. The number of rotatable bonds is 2. The molecule has 0 radical (unpaired) electrons. The molecule has 0 bridgehead atoms. The van der Waals surface area contributed by atoms with Crippen LogP contribution in [0.2, 0.25) is 0 Å². The Hall–Kier alpha value is -3.16. The van der Waals surface area contributed by atoms with E-state index in [1.54, 1.807) is 29.0 Å². The number of benzene rings is 1. The van der Waals surface area contributed by atoms with Crippen LogP contribution >= 0.6 is 0 Å². The molecule has 2 heterocycles. The molecule has 0 saturated heterocycles. The highest BCUT2D eigenvalue weighted by Crippen LogP contribution is 2.20. The minimum Gasteiger partial charge on any atom is -0.444 e. The van der Waals surface area contributed by atoms with Gasteiger partial charge in [-0.2, -0.15) is 4.98 Å². The maximum atomic E-state index is 11.8. The first-order valence-corrected chi connectivity index (χ1v) is 7.38. The number of nitrogen functional groups attached to an aromatic ring is 1. The molecule has 0 aliphatic heterocycles. The summed E-state index contributed by atoms with van der Waals surface area (Å²) in [6, 6.07) is 7.25. The Morgan fingerprint density at radius 2 is 1.96 bits per heavy atom. The average Bonchev–Trinajstić information content (AvgIpc) is 2.85. The molecule has 0 aliphatic rings. The molecule has 124 valence electrons. The number of hydrogen-bond acceptors (Lipinski definition) is 6. The van der Waals surface area contributed by atoms with Crippen LogP contribution in [0.25, 0.3) is 16.9 Å². The highest BCUT2D eigenvalue weighted by Gasteiger charge is 2.16. The summed E-state index contributed by atoms with van der Waals surface area (Å²) in [4.78, 5) is 20.1. The van der Waals surface area contributed by atoms with Gasteiger partial charge in [-0.25, -0.2) is 9.31 Å². The quantitative estimate of drug-likeness (QED) is 0.749. The summed E-state index contributed by atoms with van der Waals surface area (Å²) in [5.41, 5.74) is 7.84. The molecule has 1 amide bonds. The molecule has 0 unspecified atom stereocenters. The van der Waals surface area contributed by atoms with E-state index in [1.165, 1.54) is 0 Å². The number of hydrogen-bond donors (Lipinski definition) is 2. The van der Waals surface area contributed by atoms with Crippen molar-refractivity contribution in [3.63, 3.8) is 0 Å². The zero-order valence-electron chi connectivity index (χ0n) is 13.6. The van der Waals surface area contributed by atoms with E-state index < -0.39 is 11.7 Å². The predicted octanol–water partition coefficient (Wildman–Crippen LogP) is 2.72. The first-order valence-electron chi connectivity index (χ1n) is 7.38. The number of ether oxygens (including phenoxy) is 1. The minimum absolute atomic E-state index is 0.200. The molecular formula is C16H18N6O2.